The molecule has 0 aliphatic heterocycles. The minimum atomic E-state index is -0.158. The van der Waals surface area contributed by atoms with Crippen molar-refractivity contribution in [2.75, 3.05) is 6.54 Å². The van der Waals surface area contributed by atoms with Crippen molar-refractivity contribution < 1.29 is 13.6 Å². The lowest BCUT2D eigenvalue weighted by Gasteiger charge is -2.02. The molecule has 0 aliphatic carbocycles. The summed E-state index contributed by atoms with van der Waals surface area (Å²) < 4.78 is 11.3. The number of fused-ring (bicyclic) bond motifs is 1. The van der Waals surface area contributed by atoms with E-state index in [4.69, 9.17) is 8.83 Å². The van der Waals surface area contributed by atoms with Crippen LogP contribution < -0.4 is 5.32 Å². The molecule has 3 rings (SSSR count). The zero-order chi connectivity index (χ0) is 17.5. The van der Waals surface area contributed by atoms with Crippen LogP contribution in [0, 0.1) is 0 Å². The number of hydrogen-bond acceptors (Lipinski definition) is 5. The molecule has 0 spiro atoms. The van der Waals surface area contributed by atoms with Crippen molar-refractivity contribution in [1.29, 1.82) is 0 Å². The number of carbonyl (C=O) groups is 1. The summed E-state index contributed by atoms with van der Waals surface area (Å²) in [6, 6.07) is 11.2. The van der Waals surface area contributed by atoms with Crippen LogP contribution in [0.15, 0.2) is 50.5 Å². The summed E-state index contributed by atoms with van der Waals surface area (Å²) in [5.74, 6) is 1.48. The average Bonchev–Trinajstić information content (AvgIpc) is 3.26. The first-order valence-electron chi connectivity index (χ1n) is 8.61. The van der Waals surface area contributed by atoms with Gasteiger partial charge in [-0.25, -0.2) is 4.98 Å². The van der Waals surface area contributed by atoms with Crippen molar-refractivity contribution in [2.24, 2.45) is 0 Å². The Balaban J connectivity index is 1.48. The highest BCUT2D eigenvalue weighted by Crippen LogP contribution is 2.26. The smallest absolute Gasteiger partial charge is 0.286 e. The molecule has 0 bridgehead atoms. The van der Waals surface area contributed by atoms with Gasteiger partial charge in [0, 0.05) is 6.54 Å². The fraction of sp³-hybridized carbons (Fsp3) is 0.368. The van der Waals surface area contributed by atoms with Gasteiger partial charge in [0.2, 0.25) is 0 Å². The number of para-hydroxylation sites is 2. The predicted octanol–water partition coefficient (Wildman–Crippen LogP) is 5.02. The molecule has 0 unspecified atom stereocenters. The van der Waals surface area contributed by atoms with Gasteiger partial charge in [0.25, 0.3) is 11.1 Å². The Hall–Kier alpha value is -2.21. The van der Waals surface area contributed by atoms with Crippen molar-refractivity contribution >= 4 is 28.8 Å². The summed E-state index contributed by atoms with van der Waals surface area (Å²) >= 11 is 1.45. The van der Waals surface area contributed by atoms with Gasteiger partial charge < -0.3 is 14.2 Å². The Bertz CT molecular complexity index is 792. The van der Waals surface area contributed by atoms with Crippen LogP contribution in [0.5, 0.6) is 0 Å². The van der Waals surface area contributed by atoms with Gasteiger partial charge in [-0.2, -0.15) is 0 Å². The molecule has 132 valence electrons. The summed E-state index contributed by atoms with van der Waals surface area (Å²) in [5, 5.41) is 3.49. The van der Waals surface area contributed by atoms with Crippen molar-refractivity contribution in [3.05, 3.63) is 47.9 Å². The van der Waals surface area contributed by atoms with Crippen LogP contribution in [0.4, 0.5) is 0 Å². The van der Waals surface area contributed by atoms with Gasteiger partial charge in [-0.3, -0.25) is 4.79 Å². The maximum Gasteiger partial charge on any atom is 0.286 e. The Labute approximate surface area is 151 Å². The third-order valence-electron chi connectivity index (χ3n) is 3.81. The molecule has 1 N–H and O–H groups in total. The quantitative estimate of drug-likeness (QED) is 0.429. The number of rotatable bonds is 9. The molecular formula is C19H22N2O3S. The third-order valence-corrected chi connectivity index (χ3v) is 4.66. The summed E-state index contributed by atoms with van der Waals surface area (Å²) in [6.45, 7) is 2.86. The minimum absolute atomic E-state index is 0.158. The van der Waals surface area contributed by atoms with Crippen LogP contribution in [-0.4, -0.2) is 17.4 Å². The second kappa shape index (κ2) is 8.76. The van der Waals surface area contributed by atoms with Crippen LogP contribution in [0.1, 0.15) is 48.9 Å². The fourth-order valence-corrected chi connectivity index (χ4v) is 3.20. The molecule has 0 saturated carbocycles. The SMILES string of the molecule is CCCCCCNC(=O)c1ccc(CSc2nc3ccccc3o2)o1. The topological polar surface area (TPSA) is 68.3 Å². The molecule has 0 atom stereocenters. The Morgan fingerprint density at radius 3 is 2.84 bits per heavy atom. The molecule has 2 aromatic heterocycles. The van der Waals surface area contributed by atoms with Crippen molar-refractivity contribution in [3.63, 3.8) is 0 Å². The van der Waals surface area contributed by atoms with Crippen LogP contribution in [0.2, 0.25) is 0 Å². The van der Waals surface area contributed by atoms with Crippen LogP contribution in [0.3, 0.4) is 0 Å². The van der Waals surface area contributed by atoms with E-state index in [-0.39, 0.29) is 5.91 Å². The molecule has 3 aromatic rings. The number of amides is 1. The highest BCUT2D eigenvalue weighted by Gasteiger charge is 2.12. The minimum Gasteiger partial charge on any atom is -0.455 e. The predicted molar refractivity (Wildman–Crippen MR) is 98.8 cm³/mol. The molecule has 5 nitrogen and oxygen atoms in total. The van der Waals surface area contributed by atoms with E-state index in [1.165, 1.54) is 24.6 Å². The monoisotopic (exact) mass is 358 g/mol. The van der Waals surface area contributed by atoms with Gasteiger partial charge in [-0.15, -0.1) is 0 Å². The molecule has 0 radical (unpaired) electrons. The maximum atomic E-state index is 12.0. The summed E-state index contributed by atoms with van der Waals surface area (Å²) in [5.41, 5.74) is 1.61. The molecule has 0 saturated heterocycles. The van der Waals surface area contributed by atoms with Crippen molar-refractivity contribution in [3.8, 4) is 0 Å². The Morgan fingerprint density at radius 2 is 2.00 bits per heavy atom. The highest BCUT2D eigenvalue weighted by molar-refractivity contribution is 7.98. The number of carbonyl (C=O) groups excluding carboxylic acids is 1. The lowest BCUT2D eigenvalue weighted by molar-refractivity contribution is 0.0924. The zero-order valence-electron chi connectivity index (χ0n) is 14.3. The molecule has 1 aromatic carbocycles. The molecule has 0 fully saturated rings. The van der Waals surface area contributed by atoms with E-state index in [0.717, 1.165) is 29.7 Å². The molecule has 2 heterocycles. The third kappa shape index (κ3) is 4.89. The normalized spacial score (nSPS) is 11.1. The Morgan fingerprint density at radius 1 is 1.12 bits per heavy atom. The van der Waals surface area contributed by atoms with Crippen LogP contribution >= 0.6 is 11.8 Å². The number of unbranched alkanes of at least 4 members (excludes halogenated alkanes) is 3. The van der Waals surface area contributed by atoms with Gasteiger partial charge in [-0.1, -0.05) is 50.1 Å². The lowest BCUT2D eigenvalue weighted by atomic mass is 10.2. The molecule has 0 aliphatic rings. The molecule has 25 heavy (non-hydrogen) atoms. The largest absolute Gasteiger partial charge is 0.455 e. The number of oxazole rings is 1. The number of aromatic nitrogens is 1. The van der Waals surface area contributed by atoms with E-state index in [1.807, 2.05) is 30.3 Å². The summed E-state index contributed by atoms with van der Waals surface area (Å²) in [6.07, 6.45) is 4.53. The second-order valence-electron chi connectivity index (χ2n) is 5.82. The number of thioether (sulfide) groups is 1. The second-order valence-corrected chi connectivity index (χ2v) is 6.75. The standard InChI is InChI=1S/C19H22N2O3S/c1-2-3-4-7-12-20-18(22)17-11-10-14(23-17)13-25-19-21-15-8-5-6-9-16(15)24-19/h5-6,8-11H,2-4,7,12-13H2,1H3,(H,20,22). The molecular weight excluding hydrogens is 336 g/mol. The van der Waals surface area contributed by atoms with Gasteiger partial charge in [0.15, 0.2) is 11.3 Å². The summed E-state index contributed by atoms with van der Waals surface area (Å²) in [4.78, 5) is 16.4. The fourth-order valence-electron chi connectivity index (χ4n) is 2.46. The number of furan rings is 1. The maximum absolute atomic E-state index is 12.0. The lowest BCUT2D eigenvalue weighted by Crippen LogP contribution is -2.23. The van der Waals surface area contributed by atoms with E-state index in [1.54, 1.807) is 6.07 Å². The summed E-state index contributed by atoms with van der Waals surface area (Å²) in [7, 11) is 0. The van der Waals surface area contributed by atoms with Crippen molar-refractivity contribution in [1.82, 2.24) is 10.3 Å². The van der Waals surface area contributed by atoms with Gasteiger partial charge >= 0.3 is 0 Å². The van der Waals surface area contributed by atoms with E-state index in [9.17, 15) is 4.79 Å². The first-order valence-corrected chi connectivity index (χ1v) is 9.60. The average molecular weight is 358 g/mol. The molecule has 1 amide bonds. The molecule has 6 heteroatoms. The number of nitrogens with one attached hydrogen (secondary N) is 1. The van der Waals surface area contributed by atoms with E-state index >= 15 is 0 Å². The van der Waals surface area contributed by atoms with E-state index in [2.05, 4.69) is 17.2 Å². The first-order chi connectivity index (χ1) is 12.3. The Kier molecular flexibility index (Phi) is 6.17. The van der Waals surface area contributed by atoms with Crippen LogP contribution in [0.25, 0.3) is 11.1 Å². The number of benzene rings is 1. The van der Waals surface area contributed by atoms with E-state index < -0.39 is 0 Å². The number of hydrogen-bond donors (Lipinski definition) is 1. The first kappa shape index (κ1) is 17.6. The van der Waals surface area contributed by atoms with Gasteiger partial charge in [-0.05, 0) is 30.7 Å². The number of nitrogens with zero attached hydrogens (tertiary/aromatic N) is 1. The highest BCUT2D eigenvalue weighted by atomic mass is 32.2. The van der Waals surface area contributed by atoms with Gasteiger partial charge in [0.05, 0.1) is 5.75 Å². The van der Waals surface area contributed by atoms with Crippen LogP contribution in [-0.2, 0) is 5.75 Å². The van der Waals surface area contributed by atoms with Gasteiger partial charge in [0.1, 0.15) is 11.3 Å². The van der Waals surface area contributed by atoms with E-state index in [0.29, 0.717) is 23.3 Å². The zero-order valence-corrected chi connectivity index (χ0v) is 15.1. The van der Waals surface area contributed by atoms with Crippen molar-refractivity contribution in [2.45, 2.75) is 43.6 Å².